The second-order valence-corrected chi connectivity index (χ2v) is 5.60. The van der Waals surface area contributed by atoms with E-state index in [1.807, 2.05) is 32.0 Å². The lowest BCUT2D eigenvalue weighted by atomic mass is 10.1. The molecule has 1 aromatic carbocycles. The first-order valence-electron chi connectivity index (χ1n) is 7.78. The van der Waals surface area contributed by atoms with Crippen LogP contribution < -0.4 is 5.32 Å². The summed E-state index contributed by atoms with van der Waals surface area (Å²) in [6.45, 7) is 5.18. The summed E-state index contributed by atoms with van der Waals surface area (Å²) < 4.78 is 9.91. The molecule has 0 unspecified atom stereocenters. The van der Waals surface area contributed by atoms with Crippen LogP contribution in [0.25, 0.3) is 6.08 Å². The number of nitrogens with zero attached hydrogens (tertiary/aromatic N) is 1. The zero-order valence-corrected chi connectivity index (χ0v) is 14.5. The SMILES string of the molecule is Cc1cccc(C)c1NC(=O)[C@H](C)OC(=O)/C=C/c1ccc([N+](=O)[O-])o1. The molecule has 0 aliphatic carbocycles. The second-order valence-electron chi connectivity index (χ2n) is 5.60. The van der Waals surface area contributed by atoms with Crippen molar-refractivity contribution in [1.82, 2.24) is 0 Å². The smallest absolute Gasteiger partial charge is 0.433 e. The van der Waals surface area contributed by atoms with Gasteiger partial charge in [0.25, 0.3) is 5.91 Å². The van der Waals surface area contributed by atoms with Crippen molar-refractivity contribution in [1.29, 1.82) is 0 Å². The zero-order chi connectivity index (χ0) is 19.3. The van der Waals surface area contributed by atoms with Gasteiger partial charge in [-0.2, -0.15) is 0 Å². The molecule has 0 aliphatic rings. The van der Waals surface area contributed by atoms with Gasteiger partial charge in [-0.05, 0) is 44.0 Å². The van der Waals surface area contributed by atoms with Crippen LogP contribution in [0, 0.1) is 24.0 Å². The number of nitro groups is 1. The zero-order valence-electron chi connectivity index (χ0n) is 14.5. The number of carbonyl (C=O) groups is 2. The number of rotatable bonds is 6. The number of benzene rings is 1. The van der Waals surface area contributed by atoms with Gasteiger partial charge < -0.3 is 14.5 Å². The summed E-state index contributed by atoms with van der Waals surface area (Å²) in [5.41, 5.74) is 2.48. The number of hydrogen-bond acceptors (Lipinski definition) is 6. The molecule has 0 aliphatic heterocycles. The van der Waals surface area contributed by atoms with E-state index in [1.54, 1.807) is 0 Å². The number of esters is 1. The van der Waals surface area contributed by atoms with Crippen LogP contribution in [0.4, 0.5) is 11.6 Å². The van der Waals surface area contributed by atoms with Crippen molar-refractivity contribution >= 4 is 29.5 Å². The molecule has 8 nitrogen and oxygen atoms in total. The number of hydrogen-bond donors (Lipinski definition) is 1. The summed E-state index contributed by atoms with van der Waals surface area (Å²) in [5, 5.41) is 13.3. The van der Waals surface area contributed by atoms with Gasteiger partial charge in [0.15, 0.2) is 6.10 Å². The van der Waals surface area contributed by atoms with Gasteiger partial charge >= 0.3 is 11.9 Å². The Labute approximate surface area is 149 Å². The molecule has 0 spiro atoms. The van der Waals surface area contributed by atoms with E-state index in [1.165, 1.54) is 25.1 Å². The summed E-state index contributed by atoms with van der Waals surface area (Å²) >= 11 is 0. The first-order valence-corrected chi connectivity index (χ1v) is 7.78. The number of furan rings is 1. The highest BCUT2D eigenvalue weighted by molar-refractivity contribution is 5.97. The standard InChI is InChI=1S/C18H18N2O6/c1-11-5-4-6-12(2)17(11)19-18(22)13(3)25-16(21)10-8-14-7-9-15(26-14)20(23)24/h4-10,13H,1-3H3,(H,19,22)/b10-8+/t13-/m0/s1. The number of amides is 1. The molecule has 1 aromatic heterocycles. The van der Waals surface area contributed by atoms with Crippen molar-refractivity contribution < 1.29 is 23.7 Å². The fourth-order valence-corrected chi connectivity index (χ4v) is 2.18. The lowest BCUT2D eigenvalue weighted by Crippen LogP contribution is -2.30. The van der Waals surface area contributed by atoms with E-state index < -0.39 is 28.8 Å². The van der Waals surface area contributed by atoms with Gasteiger partial charge in [-0.3, -0.25) is 14.9 Å². The fourth-order valence-electron chi connectivity index (χ4n) is 2.18. The molecule has 1 N–H and O–H groups in total. The third kappa shape index (κ3) is 4.79. The lowest BCUT2D eigenvalue weighted by molar-refractivity contribution is -0.402. The van der Waals surface area contributed by atoms with Crippen molar-refractivity contribution in [3.63, 3.8) is 0 Å². The Morgan fingerprint density at radius 1 is 1.23 bits per heavy atom. The van der Waals surface area contributed by atoms with Crippen molar-refractivity contribution in [2.24, 2.45) is 0 Å². The van der Waals surface area contributed by atoms with E-state index in [4.69, 9.17) is 9.15 Å². The van der Waals surface area contributed by atoms with Gasteiger partial charge in [0.05, 0.1) is 6.07 Å². The van der Waals surface area contributed by atoms with Crippen LogP contribution in [0.5, 0.6) is 0 Å². The van der Waals surface area contributed by atoms with E-state index >= 15 is 0 Å². The highest BCUT2D eigenvalue weighted by Gasteiger charge is 2.18. The molecule has 1 atom stereocenters. The van der Waals surface area contributed by atoms with Crippen molar-refractivity contribution in [3.8, 4) is 0 Å². The molecule has 1 heterocycles. The molecular formula is C18H18N2O6. The Hall–Kier alpha value is -3.42. The molecule has 8 heteroatoms. The van der Waals surface area contributed by atoms with Crippen LogP contribution in [-0.4, -0.2) is 22.9 Å². The molecular weight excluding hydrogens is 340 g/mol. The van der Waals surface area contributed by atoms with Crippen LogP contribution in [0.2, 0.25) is 0 Å². The Morgan fingerprint density at radius 3 is 2.46 bits per heavy atom. The molecule has 0 radical (unpaired) electrons. The summed E-state index contributed by atoms with van der Waals surface area (Å²) in [6.07, 6.45) is 1.24. The van der Waals surface area contributed by atoms with Crippen molar-refractivity contribution in [2.75, 3.05) is 5.32 Å². The van der Waals surface area contributed by atoms with Gasteiger partial charge in [-0.1, -0.05) is 18.2 Å². The Kier molecular flexibility index (Phi) is 5.90. The van der Waals surface area contributed by atoms with Gasteiger partial charge in [0, 0.05) is 11.8 Å². The Bertz CT molecular complexity index is 848. The summed E-state index contributed by atoms with van der Waals surface area (Å²) in [4.78, 5) is 33.8. The van der Waals surface area contributed by atoms with Gasteiger partial charge in [0.2, 0.25) is 0 Å². The molecule has 2 aromatic rings. The largest absolute Gasteiger partial charge is 0.449 e. The Morgan fingerprint density at radius 2 is 1.88 bits per heavy atom. The van der Waals surface area contributed by atoms with Gasteiger partial charge in [-0.15, -0.1) is 0 Å². The van der Waals surface area contributed by atoms with Crippen LogP contribution >= 0.6 is 0 Å². The average molecular weight is 358 g/mol. The molecule has 0 bridgehead atoms. The third-order valence-electron chi connectivity index (χ3n) is 3.57. The molecule has 136 valence electrons. The minimum absolute atomic E-state index is 0.126. The predicted molar refractivity (Wildman–Crippen MR) is 94.5 cm³/mol. The number of carbonyl (C=O) groups excluding carboxylic acids is 2. The maximum atomic E-state index is 12.2. The second kappa shape index (κ2) is 8.11. The highest BCUT2D eigenvalue weighted by atomic mass is 16.6. The van der Waals surface area contributed by atoms with Crippen LogP contribution in [0.1, 0.15) is 23.8 Å². The topological polar surface area (TPSA) is 112 Å². The number of nitrogens with one attached hydrogen (secondary N) is 1. The molecule has 1 amide bonds. The molecule has 0 saturated carbocycles. The van der Waals surface area contributed by atoms with E-state index in [9.17, 15) is 19.7 Å². The van der Waals surface area contributed by atoms with E-state index in [2.05, 4.69) is 5.32 Å². The summed E-state index contributed by atoms with van der Waals surface area (Å²) in [7, 11) is 0. The first kappa shape index (κ1) is 18.9. The Balaban J connectivity index is 1.94. The number of para-hydroxylation sites is 1. The number of ether oxygens (including phenoxy) is 1. The molecule has 2 rings (SSSR count). The van der Waals surface area contributed by atoms with E-state index in [0.29, 0.717) is 5.69 Å². The maximum absolute atomic E-state index is 12.2. The van der Waals surface area contributed by atoms with Gasteiger partial charge in [0.1, 0.15) is 10.7 Å². The van der Waals surface area contributed by atoms with Crippen LogP contribution in [-0.2, 0) is 14.3 Å². The molecule has 26 heavy (non-hydrogen) atoms. The molecule has 0 fully saturated rings. The van der Waals surface area contributed by atoms with E-state index in [-0.39, 0.29) is 5.76 Å². The van der Waals surface area contributed by atoms with E-state index in [0.717, 1.165) is 17.2 Å². The fraction of sp³-hybridized carbons (Fsp3) is 0.222. The third-order valence-corrected chi connectivity index (χ3v) is 3.57. The minimum atomic E-state index is -1.02. The quantitative estimate of drug-likeness (QED) is 0.367. The maximum Gasteiger partial charge on any atom is 0.433 e. The predicted octanol–water partition coefficient (Wildman–Crippen LogP) is 3.39. The summed E-state index contributed by atoms with van der Waals surface area (Å²) in [5.74, 6) is -1.54. The summed E-state index contributed by atoms with van der Waals surface area (Å²) in [6, 6.07) is 8.13. The van der Waals surface area contributed by atoms with Crippen LogP contribution in [0.15, 0.2) is 40.8 Å². The average Bonchev–Trinajstić information content (AvgIpc) is 3.05. The van der Waals surface area contributed by atoms with Crippen molar-refractivity contribution in [2.45, 2.75) is 26.9 Å². The lowest BCUT2D eigenvalue weighted by Gasteiger charge is -2.15. The van der Waals surface area contributed by atoms with Crippen molar-refractivity contribution in [3.05, 3.63) is 63.4 Å². The van der Waals surface area contributed by atoms with Gasteiger partial charge in [-0.25, -0.2) is 4.79 Å². The minimum Gasteiger partial charge on any atom is -0.449 e. The number of aryl methyl sites for hydroxylation is 2. The van der Waals surface area contributed by atoms with Crippen LogP contribution in [0.3, 0.4) is 0 Å². The number of anilines is 1. The normalized spacial score (nSPS) is 12.0. The molecule has 0 saturated heterocycles. The monoisotopic (exact) mass is 358 g/mol. The first-order chi connectivity index (χ1) is 12.3. The highest BCUT2D eigenvalue weighted by Crippen LogP contribution is 2.20.